The molecule has 128 valence electrons. The molecule has 0 aliphatic carbocycles. The van der Waals surface area contributed by atoms with Crippen molar-refractivity contribution in [2.75, 3.05) is 5.32 Å². The van der Waals surface area contributed by atoms with E-state index in [0.29, 0.717) is 11.1 Å². The van der Waals surface area contributed by atoms with E-state index in [-0.39, 0.29) is 11.0 Å². The van der Waals surface area contributed by atoms with Crippen LogP contribution in [0.15, 0.2) is 59.5 Å². The van der Waals surface area contributed by atoms with Crippen LogP contribution in [-0.2, 0) is 6.42 Å². The van der Waals surface area contributed by atoms with Crippen molar-refractivity contribution in [3.8, 4) is 0 Å². The number of anilines is 1. The molecule has 0 unspecified atom stereocenters. The molecule has 1 heterocycles. The molecule has 3 rings (SSSR count). The Hall–Kier alpha value is -2.88. The quantitative estimate of drug-likeness (QED) is 0.651. The number of carbonyl (C=O) groups excluding carboxylic acids is 1. The molecule has 0 spiro atoms. The minimum Gasteiger partial charge on any atom is -0.360 e. The number of fused-ring (bicyclic) bond motifs is 1. The van der Waals surface area contributed by atoms with Crippen molar-refractivity contribution >= 4 is 22.5 Å². The number of aromatic amines is 1. The molecule has 0 saturated carbocycles. The highest BCUT2D eigenvalue weighted by Crippen LogP contribution is 2.14. The average Bonchev–Trinajstić information content (AvgIpc) is 2.64. The number of carbonyl (C=O) groups is 1. The molecule has 0 aliphatic rings. The molecule has 2 aromatic carbocycles. The number of nitrogens with one attached hydrogen (secondary N) is 2. The van der Waals surface area contributed by atoms with Crippen LogP contribution in [0.3, 0.4) is 0 Å². The Morgan fingerprint density at radius 1 is 1.04 bits per heavy atom. The summed E-state index contributed by atoms with van der Waals surface area (Å²) in [4.78, 5) is 27.9. The third-order valence-corrected chi connectivity index (χ3v) is 4.31. The van der Waals surface area contributed by atoms with Crippen LogP contribution >= 0.6 is 0 Å². The minimum atomic E-state index is -0.397. The van der Waals surface area contributed by atoms with E-state index in [0.717, 1.165) is 11.9 Å². The number of unbranched alkanes of at least 4 members (excludes halogenated alkanes) is 2. The zero-order valence-corrected chi connectivity index (χ0v) is 14.3. The van der Waals surface area contributed by atoms with Crippen molar-refractivity contribution in [1.29, 1.82) is 0 Å². The first kappa shape index (κ1) is 17.0. The summed E-state index contributed by atoms with van der Waals surface area (Å²) >= 11 is 0. The van der Waals surface area contributed by atoms with Crippen molar-refractivity contribution in [3.63, 3.8) is 0 Å². The molecule has 0 fully saturated rings. The molecule has 4 heteroatoms. The Balaban J connectivity index is 1.74. The Bertz CT molecular complexity index is 927. The average molecular weight is 334 g/mol. The van der Waals surface area contributed by atoms with Gasteiger partial charge in [-0.25, -0.2) is 0 Å². The lowest BCUT2D eigenvalue weighted by atomic mass is 10.1. The number of para-hydroxylation sites is 1. The summed E-state index contributed by atoms with van der Waals surface area (Å²) < 4.78 is 0. The molecule has 0 atom stereocenters. The number of benzene rings is 2. The van der Waals surface area contributed by atoms with E-state index < -0.39 is 5.91 Å². The fourth-order valence-electron chi connectivity index (χ4n) is 2.87. The van der Waals surface area contributed by atoms with E-state index in [2.05, 4.69) is 17.2 Å². The van der Waals surface area contributed by atoms with Gasteiger partial charge < -0.3 is 10.3 Å². The van der Waals surface area contributed by atoms with Crippen molar-refractivity contribution < 1.29 is 4.79 Å². The highest BCUT2D eigenvalue weighted by Gasteiger charge is 2.13. The second-order valence-corrected chi connectivity index (χ2v) is 6.19. The number of amides is 1. The number of H-pyrrole nitrogens is 1. The van der Waals surface area contributed by atoms with Crippen LogP contribution < -0.4 is 10.7 Å². The summed E-state index contributed by atoms with van der Waals surface area (Å²) in [5, 5.41) is 3.31. The summed E-state index contributed by atoms with van der Waals surface area (Å²) in [5.74, 6) is -0.397. The monoisotopic (exact) mass is 334 g/mol. The molecule has 1 aromatic heterocycles. The molecule has 25 heavy (non-hydrogen) atoms. The predicted octanol–water partition coefficient (Wildman–Crippen LogP) is 4.51. The van der Waals surface area contributed by atoms with Crippen LogP contribution in [0.2, 0.25) is 0 Å². The number of pyridine rings is 1. The zero-order chi connectivity index (χ0) is 17.6. The molecule has 2 N–H and O–H groups in total. The Morgan fingerprint density at radius 2 is 1.80 bits per heavy atom. The first-order valence-electron chi connectivity index (χ1n) is 8.69. The Labute approximate surface area is 146 Å². The maximum atomic E-state index is 12.5. The van der Waals surface area contributed by atoms with E-state index in [1.54, 1.807) is 12.1 Å². The van der Waals surface area contributed by atoms with Crippen molar-refractivity contribution in [3.05, 3.63) is 76.1 Å². The van der Waals surface area contributed by atoms with Gasteiger partial charge in [0.2, 0.25) is 5.43 Å². The second-order valence-electron chi connectivity index (χ2n) is 6.19. The Morgan fingerprint density at radius 3 is 2.56 bits per heavy atom. The summed E-state index contributed by atoms with van der Waals surface area (Å²) in [6, 6.07) is 15.0. The summed E-state index contributed by atoms with van der Waals surface area (Å²) in [6.45, 7) is 2.19. The van der Waals surface area contributed by atoms with Crippen LogP contribution in [0.25, 0.3) is 10.9 Å². The zero-order valence-electron chi connectivity index (χ0n) is 14.3. The molecular formula is C21H22N2O2. The maximum absolute atomic E-state index is 12.5. The molecule has 1 amide bonds. The number of aromatic nitrogens is 1. The van der Waals surface area contributed by atoms with Gasteiger partial charge in [-0.05, 0) is 42.7 Å². The van der Waals surface area contributed by atoms with Crippen LogP contribution in [0.1, 0.15) is 42.1 Å². The van der Waals surface area contributed by atoms with Crippen molar-refractivity contribution in [1.82, 2.24) is 4.98 Å². The number of aryl methyl sites for hydroxylation is 1. The lowest BCUT2D eigenvalue weighted by molar-refractivity contribution is 0.102. The van der Waals surface area contributed by atoms with E-state index in [1.165, 1.54) is 31.0 Å². The SMILES string of the molecule is CCCCCc1ccc(NC(=O)c2c[nH]c3ccccc3c2=O)cc1. The molecule has 0 radical (unpaired) electrons. The molecule has 4 nitrogen and oxygen atoms in total. The lowest BCUT2D eigenvalue weighted by Crippen LogP contribution is -2.21. The van der Waals surface area contributed by atoms with Gasteiger partial charge in [0.05, 0.1) is 0 Å². The standard InChI is InChI=1S/C21H22N2O2/c1-2-3-4-7-15-10-12-16(13-11-15)23-21(25)18-14-22-19-9-6-5-8-17(19)20(18)24/h5-6,8-14H,2-4,7H2,1H3,(H,22,24)(H,23,25). The fourth-order valence-corrected chi connectivity index (χ4v) is 2.87. The highest BCUT2D eigenvalue weighted by atomic mass is 16.2. The van der Waals surface area contributed by atoms with E-state index in [4.69, 9.17) is 0 Å². The Kier molecular flexibility index (Phi) is 5.29. The van der Waals surface area contributed by atoms with Crippen LogP contribution in [0.4, 0.5) is 5.69 Å². The number of hydrogen-bond acceptors (Lipinski definition) is 2. The molecular weight excluding hydrogens is 312 g/mol. The van der Waals surface area contributed by atoms with Crippen molar-refractivity contribution in [2.24, 2.45) is 0 Å². The van der Waals surface area contributed by atoms with Crippen molar-refractivity contribution in [2.45, 2.75) is 32.6 Å². The first-order valence-corrected chi connectivity index (χ1v) is 8.69. The highest BCUT2D eigenvalue weighted by molar-refractivity contribution is 6.05. The molecule has 3 aromatic rings. The summed E-state index contributed by atoms with van der Waals surface area (Å²) in [7, 11) is 0. The van der Waals surface area contributed by atoms with Crippen LogP contribution in [-0.4, -0.2) is 10.9 Å². The first-order chi connectivity index (χ1) is 12.2. The second kappa shape index (κ2) is 7.79. The smallest absolute Gasteiger partial charge is 0.261 e. The topological polar surface area (TPSA) is 62.0 Å². The van der Waals surface area contributed by atoms with Gasteiger partial charge in [0.1, 0.15) is 5.56 Å². The largest absolute Gasteiger partial charge is 0.360 e. The fraction of sp³-hybridized carbons (Fsp3) is 0.238. The third kappa shape index (κ3) is 3.97. The third-order valence-electron chi connectivity index (χ3n) is 4.31. The number of hydrogen-bond donors (Lipinski definition) is 2. The van der Waals surface area contributed by atoms with Gasteiger partial charge in [0, 0.05) is 22.8 Å². The predicted molar refractivity (Wildman–Crippen MR) is 102 cm³/mol. The summed E-state index contributed by atoms with van der Waals surface area (Å²) in [6.07, 6.45) is 6.12. The van der Waals surface area contributed by atoms with Gasteiger partial charge in [-0.3, -0.25) is 9.59 Å². The van der Waals surface area contributed by atoms with E-state index in [9.17, 15) is 9.59 Å². The van der Waals surface area contributed by atoms with Gasteiger partial charge in [-0.15, -0.1) is 0 Å². The molecule has 0 saturated heterocycles. The van der Waals surface area contributed by atoms with E-state index >= 15 is 0 Å². The van der Waals surface area contributed by atoms with Gasteiger partial charge in [0.25, 0.3) is 5.91 Å². The van der Waals surface area contributed by atoms with Gasteiger partial charge in [0.15, 0.2) is 0 Å². The van der Waals surface area contributed by atoms with Crippen LogP contribution in [0.5, 0.6) is 0 Å². The minimum absolute atomic E-state index is 0.116. The van der Waals surface area contributed by atoms with Gasteiger partial charge in [-0.2, -0.15) is 0 Å². The lowest BCUT2D eigenvalue weighted by Gasteiger charge is -2.07. The van der Waals surface area contributed by atoms with Gasteiger partial charge >= 0.3 is 0 Å². The van der Waals surface area contributed by atoms with Gasteiger partial charge in [-0.1, -0.05) is 44.0 Å². The van der Waals surface area contributed by atoms with E-state index in [1.807, 2.05) is 36.4 Å². The normalized spacial score (nSPS) is 10.8. The maximum Gasteiger partial charge on any atom is 0.261 e. The van der Waals surface area contributed by atoms with Crippen LogP contribution in [0, 0.1) is 0 Å². The summed E-state index contributed by atoms with van der Waals surface area (Å²) in [5.41, 5.74) is 2.53. The molecule has 0 aliphatic heterocycles. The number of rotatable bonds is 6. The molecule has 0 bridgehead atoms.